The van der Waals surface area contributed by atoms with E-state index in [2.05, 4.69) is 47.1 Å². The highest BCUT2D eigenvalue weighted by Gasteiger charge is 2.40. The quantitative estimate of drug-likeness (QED) is 0.0861. The van der Waals surface area contributed by atoms with Gasteiger partial charge in [0.2, 0.25) is 0 Å². The minimum absolute atomic E-state index is 0.0352. The van der Waals surface area contributed by atoms with Gasteiger partial charge in [0, 0.05) is 35.8 Å². The van der Waals surface area contributed by atoms with Gasteiger partial charge in [-0.3, -0.25) is 9.56 Å². The zero-order chi connectivity index (χ0) is 35.4. The number of alkyl halides is 3. The third kappa shape index (κ3) is 9.70. The smallest absolute Gasteiger partial charge is 0.370 e. The predicted octanol–water partition coefficient (Wildman–Crippen LogP) is 5.83. The largest absolute Gasteiger partial charge is 0.416 e. The Morgan fingerprint density at radius 2 is 1.67 bits per heavy atom. The maximum absolute atomic E-state index is 13.0. The molecule has 4 aromatic rings. The van der Waals surface area contributed by atoms with E-state index in [1.807, 2.05) is 57.3 Å². The van der Waals surface area contributed by atoms with Gasteiger partial charge in [-0.15, -0.1) is 0 Å². The molecule has 0 spiro atoms. The van der Waals surface area contributed by atoms with E-state index < -0.39 is 11.7 Å². The highest BCUT2D eigenvalue weighted by Crippen LogP contribution is 2.48. The Hall–Kier alpha value is -4.16. The van der Waals surface area contributed by atoms with Crippen LogP contribution in [0, 0.1) is 5.92 Å². The average molecular weight is 667 g/mol. The minimum Gasteiger partial charge on any atom is -0.370 e. The molecule has 1 fully saturated rings. The third-order valence-corrected chi connectivity index (χ3v) is 8.47. The number of nitrogens with one attached hydrogen (secondary N) is 2. The van der Waals surface area contributed by atoms with Crippen molar-refractivity contribution in [3.8, 4) is 5.69 Å². The van der Waals surface area contributed by atoms with Crippen LogP contribution in [-0.4, -0.2) is 40.1 Å². The molecular formula is C36H49F3N8O. The van der Waals surface area contributed by atoms with Crippen LogP contribution in [0.2, 0.25) is 0 Å². The van der Waals surface area contributed by atoms with Crippen molar-refractivity contribution in [2.75, 3.05) is 19.6 Å². The summed E-state index contributed by atoms with van der Waals surface area (Å²) in [6.07, 6.45) is -0.678. The van der Waals surface area contributed by atoms with Crippen LogP contribution in [0.4, 0.5) is 13.2 Å². The second-order valence-corrected chi connectivity index (χ2v) is 14.6. The number of nitrogens with zero attached hydrogens (tertiary/aromatic N) is 3. The van der Waals surface area contributed by atoms with Crippen molar-refractivity contribution >= 4 is 17.0 Å². The fourth-order valence-corrected chi connectivity index (χ4v) is 5.38. The first-order chi connectivity index (χ1) is 22.4. The summed E-state index contributed by atoms with van der Waals surface area (Å²) in [5.41, 5.74) is 20.1. The predicted molar refractivity (Wildman–Crippen MR) is 187 cm³/mol. The van der Waals surface area contributed by atoms with Crippen LogP contribution in [-0.2, 0) is 23.6 Å². The van der Waals surface area contributed by atoms with E-state index in [1.54, 1.807) is 4.57 Å². The fourth-order valence-electron chi connectivity index (χ4n) is 5.38. The number of aromatic nitrogens is 3. The number of aromatic amines is 1. The molecular weight excluding hydrogens is 617 g/mol. The summed E-state index contributed by atoms with van der Waals surface area (Å²) in [7, 11) is 0. The normalized spacial score (nSPS) is 16.4. The molecule has 2 aromatic heterocycles. The summed E-state index contributed by atoms with van der Waals surface area (Å²) in [5, 5.41) is 4.27. The van der Waals surface area contributed by atoms with E-state index in [1.165, 1.54) is 12.1 Å². The zero-order valence-electron chi connectivity index (χ0n) is 28.7. The Morgan fingerprint density at radius 3 is 2.23 bits per heavy atom. The lowest BCUT2D eigenvalue weighted by atomic mass is 9.84. The lowest BCUT2D eigenvalue weighted by Crippen LogP contribution is -2.23. The van der Waals surface area contributed by atoms with Gasteiger partial charge in [-0.2, -0.15) is 18.2 Å². The topological polar surface area (TPSA) is 153 Å². The van der Waals surface area contributed by atoms with Crippen LogP contribution >= 0.6 is 0 Å². The fraction of sp³-hybridized carbons (Fsp3) is 0.472. The minimum atomic E-state index is -4.29. The van der Waals surface area contributed by atoms with Crippen molar-refractivity contribution < 1.29 is 13.2 Å². The van der Waals surface area contributed by atoms with Crippen LogP contribution in [0.3, 0.4) is 0 Å². The molecule has 0 amide bonds. The maximum Gasteiger partial charge on any atom is 0.416 e. The van der Waals surface area contributed by atoms with E-state index in [9.17, 15) is 18.0 Å². The van der Waals surface area contributed by atoms with Gasteiger partial charge in [-0.05, 0) is 90.2 Å². The molecule has 5 rings (SSSR count). The lowest BCUT2D eigenvalue weighted by Gasteiger charge is -2.22. The third-order valence-electron chi connectivity index (χ3n) is 8.47. The van der Waals surface area contributed by atoms with Crippen molar-refractivity contribution in [3.05, 3.63) is 93.2 Å². The first kappa shape index (κ1) is 36.7. The number of hydrogen-bond acceptors (Lipinski definition) is 5. The van der Waals surface area contributed by atoms with Crippen molar-refractivity contribution in [1.82, 2.24) is 19.9 Å². The number of benzene rings is 2. The van der Waals surface area contributed by atoms with Gasteiger partial charge >= 0.3 is 11.9 Å². The molecule has 1 aliphatic carbocycles. The Morgan fingerprint density at radius 1 is 1.00 bits per heavy atom. The van der Waals surface area contributed by atoms with Crippen molar-refractivity contribution in [2.45, 2.75) is 83.9 Å². The monoisotopic (exact) mass is 666 g/mol. The van der Waals surface area contributed by atoms with E-state index in [-0.39, 0.29) is 28.4 Å². The summed E-state index contributed by atoms with van der Waals surface area (Å²) < 4.78 is 40.5. The second-order valence-electron chi connectivity index (χ2n) is 14.6. The zero-order valence-corrected chi connectivity index (χ0v) is 28.7. The number of rotatable bonds is 9. The van der Waals surface area contributed by atoms with Crippen LogP contribution in [0.15, 0.2) is 64.5 Å². The van der Waals surface area contributed by atoms with Crippen molar-refractivity contribution in [2.24, 2.45) is 28.1 Å². The number of aliphatic imine (C=N–C) groups is 1. The average Bonchev–Trinajstić information content (AvgIpc) is 3.67. The van der Waals surface area contributed by atoms with Crippen molar-refractivity contribution in [3.63, 3.8) is 0 Å². The molecule has 1 saturated carbocycles. The molecule has 0 bridgehead atoms. The molecule has 1 aliphatic rings. The molecule has 48 heavy (non-hydrogen) atoms. The van der Waals surface area contributed by atoms with E-state index in [4.69, 9.17) is 17.2 Å². The van der Waals surface area contributed by atoms with Gasteiger partial charge in [0.15, 0.2) is 5.96 Å². The van der Waals surface area contributed by atoms with Crippen LogP contribution < -0.4 is 28.2 Å². The SMILES string of the molecule is CC(C)(C)c1cc(C2CC2CN)cc(C(F)(F)F)c1.CC(C)(C)c1cc2cn(-c3ccc(CNCCCN=C(N)N)cc3)c(=O)nc2[nH]1. The maximum atomic E-state index is 13.0. The molecule has 9 nitrogen and oxygen atoms in total. The number of guanidine groups is 1. The number of nitrogens with two attached hydrogens (primary N) is 3. The molecule has 2 aromatic carbocycles. The molecule has 0 radical (unpaired) electrons. The Balaban J connectivity index is 0.000000237. The van der Waals surface area contributed by atoms with E-state index in [0.29, 0.717) is 24.7 Å². The van der Waals surface area contributed by atoms with Crippen LogP contribution in [0.1, 0.15) is 88.2 Å². The highest BCUT2D eigenvalue weighted by atomic mass is 19.4. The number of hydrogen-bond donors (Lipinski definition) is 5. The Labute approximate surface area is 280 Å². The summed E-state index contributed by atoms with van der Waals surface area (Å²) in [6.45, 7) is 14.9. The first-order valence-corrected chi connectivity index (χ1v) is 16.3. The second kappa shape index (κ2) is 14.5. The van der Waals surface area contributed by atoms with Gasteiger partial charge in [-0.1, -0.05) is 59.7 Å². The first-order valence-electron chi connectivity index (χ1n) is 16.3. The van der Waals surface area contributed by atoms with Gasteiger partial charge in [-0.25, -0.2) is 4.79 Å². The summed E-state index contributed by atoms with van der Waals surface area (Å²) in [4.78, 5) is 23.9. The van der Waals surface area contributed by atoms with Gasteiger partial charge in [0.05, 0.1) is 11.3 Å². The van der Waals surface area contributed by atoms with Gasteiger partial charge in [0.1, 0.15) is 5.65 Å². The van der Waals surface area contributed by atoms with E-state index >= 15 is 0 Å². The molecule has 8 N–H and O–H groups in total. The summed E-state index contributed by atoms with van der Waals surface area (Å²) in [5.74, 6) is 0.669. The highest BCUT2D eigenvalue weighted by molar-refractivity contribution is 5.76. The van der Waals surface area contributed by atoms with Crippen molar-refractivity contribution in [1.29, 1.82) is 0 Å². The molecule has 0 aliphatic heterocycles. The molecule has 2 unspecified atom stereocenters. The standard InChI is InChI=1S/C21H29N7O.C15H20F3N/c1-21(2,3)17-11-15-13-28(20(29)27-18(15)26-17)16-7-5-14(6-8-16)12-24-9-4-10-25-19(22)23;1-14(2,3)11-4-9(13-6-10(13)8-19)5-12(7-11)15(16,17)18/h5-8,11,13,24H,4,9-10,12H2,1-3H3,(H4,22,23,25)(H,26,27,29);4-5,7,10,13H,6,8,19H2,1-3H3. The number of halogens is 3. The van der Waals surface area contributed by atoms with Crippen LogP contribution in [0.5, 0.6) is 0 Å². The summed E-state index contributed by atoms with van der Waals surface area (Å²) in [6, 6.07) is 14.4. The molecule has 2 atom stereocenters. The molecule has 260 valence electrons. The number of fused-ring (bicyclic) bond motifs is 1. The van der Waals surface area contributed by atoms with Gasteiger partial charge in [0.25, 0.3) is 0 Å². The summed E-state index contributed by atoms with van der Waals surface area (Å²) >= 11 is 0. The Kier molecular flexibility index (Phi) is 11.1. The van der Waals surface area contributed by atoms with E-state index in [0.717, 1.165) is 59.4 Å². The Bertz CT molecular complexity index is 1740. The number of H-pyrrole nitrogens is 1. The van der Waals surface area contributed by atoms with Gasteiger partial charge < -0.3 is 27.5 Å². The molecule has 12 heteroatoms. The molecule has 0 saturated heterocycles. The molecule has 2 heterocycles. The van der Waals surface area contributed by atoms with Crippen LogP contribution in [0.25, 0.3) is 16.7 Å². The lowest BCUT2D eigenvalue weighted by molar-refractivity contribution is -0.137.